The topological polar surface area (TPSA) is 72.0 Å². The van der Waals surface area contributed by atoms with Crippen LogP contribution in [0.5, 0.6) is 0 Å². The number of esters is 1. The standard InChI is InChI=1S/C19H16ClNO4S/c1-3-24-19(23)16-17(22)15(10-14-8-7-11(2)25-14)26-18(16)21-13-6-4-5-12(20)9-13/h4-10,22H,3H2,1-2H3. The fourth-order valence-electron chi connectivity index (χ4n) is 2.31. The lowest BCUT2D eigenvalue weighted by Crippen LogP contribution is -2.12. The van der Waals surface area contributed by atoms with E-state index in [2.05, 4.69) is 4.99 Å². The van der Waals surface area contributed by atoms with Crippen molar-refractivity contribution in [3.8, 4) is 0 Å². The number of carbonyl (C=O) groups excluding carboxylic acids is 1. The average Bonchev–Trinajstić information content (AvgIpc) is 3.12. The third-order valence-corrected chi connectivity index (χ3v) is 4.70. The molecule has 0 amide bonds. The summed E-state index contributed by atoms with van der Waals surface area (Å²) < 4.78 is 10.6. The zero-order chi connectivity index (χ0) is 18.7. The van der Waals surface area contributed by atoms with Gasteiger partial charge in [-0.2, -0.15) is 0 Å². The molecule has 1 aliphatic rings. The minimum absolute atomic E-state index is 0.0337. The molecule has 0 spiro atoms. The fourth-order valence-corrected chi connectivity index (χ4v) is 3.51. The number of rotatable bonds is 4. The molecule has 134 valence electrons. The van der Waals surface area contributed by atoms with Crippen LogP contribution in [0.4, 0.5) is 5.69 Å². The SMILES string of the molecule is CCOC(=O)C1=C(O)C(=Cc2ccc(C)o2)SC1=Nc1cccc(Cl)c1. The summed E-state index contributed by atoms with van der Waals surface area (Å²) in [6.07, 6.45) is 1.66. The zero-order valence-electron chi connectivity index (χ0n) is 14.2. The Morgan fingerprint density at radius 2 is 2.19 bits per heavy atom. The van der Waals surface area contributed by atoms with Crippen LogP contribution in [0.2, 0.25) is 5.02 Å². The number of aryl methyl sites for hydroxylation is 1. The van der Waals surface area contributed by atoms with Crippen LogP contribution in [0.1, 0.15) is 18.4 Å². The number of furan rings is 1. The molecule has 0 saturated carbocycles. The summed E-state index contributed by atoms with van der Waals surface area (Å²) in [5.41, 5.74) is 0.607. The van der Waals surface area contributed by atoms with Gasteiger partial charge in [-0.25, -0.2) is 9.79 Å². The highest BCUT2D eigenvalue weighted by Gasteiger charge is 2.33. The minimum atomic E-state index is -0.627. The third-order valence-electron chi connectivity index (χ3n) is 3.44. The first kappa shape index (κ1) is 18.4. The van der Waals surface area contributed by atoms with Crippen molar-refractivity contribution in [2.24, 2.45) is 4.99 Å². The highest BCUT2D eigenvalue weighted by atomic mass is 35.5. The van der Waals surface area contributed by atoms with Crippen LogP contribution in [-0.2, 0) is 9.53 Å². The summed E-state index contributed by atoms with van der Waals surface area (Å²) in [7, 11) is 0. The summed E-state index contributed by atoms with van der Waals surface area (Å²) in [6, 6.07) is 10.5. The fraction of sp³-hybridized carbons (Fsp3) is 0.158. The molecule has 2 aromatic rings. The van der Waals surface area contributed by atoms with Gasteiger partial charge >= 0.3 is 5.97 Å². The van der Waals surface area contributed by atoms with Crippen molar-refractivity contribution >= 4 is 46.1 Å². The van der Waals surface area contributed by atoms with Crippen LogP contribution < -0.4 is 0 Å². The van der Waals surface area contributed by atoms with Crippen molar-refractivity contribution in [1.29, 1.82) is 0 Å². The van der Waals surface area contributed by atoms with Crippen molar-refractivity contribution < 1.29 is 19.1 Å². The predicted octanol–water partition coefficient (Wildman–Crippen LogP) is 5.43. The van der Waals surface area contributed by atoms with Gasteiger partial charge in [0.25, 0.3) is 0 Å². The molecule has 5 nitrogen and oxygen atoms in total. The molecule has 0 unspecified atom stereocenters. The number of nitrogens with zero attached hydrogens (tertiary/aromatic N) is 1. The average molecular weight is 390 g/mol. The van der Waals surface area contributed by atoms with Gasteiger partial charge in [-0.1, -0.05) is 29.4 Å². The highest BCUT2D eigenvalue weighted by Crippen LogP contribution is 2.40. The van der Waals surface area contributed by atoms with E-state index in [1.54, 1.807) is 43.3 Å². The van der Waals surface area contributed by atoms with Crippen LogP contribution in [-0.4, -0.2) is 22.7 Å². The monoisotopic (exact) mass is 389 g/mol. The second-order valence-electron chi connectivity index (χ2n) is 5.40. The number of aliphatic hydroxyl groups is 1. The van der Waals surface area contributed by atoms with Gasteiger partial charge in [-0.15, -0.1) is 0 Å². The Hall–Kier alpha value is -2.44. The third kappa shape index (κ3) is 4.03. The quantitative estimate of drug-likeness (QED) is 0.705. The van der Waals surface area contributed by atoms with E-state index in [9.17, 15) is 9.90 Å². The largest absolute Gasteiger partial charge is 0.506 e. The summed E-state index contributed by atoms with van der Waals surface area (Å²) in [6.45, 7) is 3.73. The van der Waals surface area contributed by atoms with Crippen molar-refractivity contribution in [3.63, 3.8) is 0 Å². The molecule has 0 saturated heterocycles. The van der Waals surface area contributed by atoms with Crippen molar-refractivity contribution in [3.05, 3.63) is 69.2 Å². The number of hydrogen-bond acceptors (Lipinski definition) is 6. The molecule has 1 N–H and O–H groups in total. The highest BCUT2D eigenvalue weighted by molar-refractivity contribution is 8.18. The first-order valence-electron chi connectivity index (χ1n) is 7.89. The summed E-state index contributed by atoms with van der Waals surface area (Å²) >= 11 is 7.16. The number of ether oxygens (including phenoxy) is 1. The predicted molar refractivity (Wildman–Crippen MR) is 104 cm³/mol. The van der Waals surface area contributed by atoms with E-state index in [0.717, 1.165) is 5.76 Å². The molecule has 1 aromatic heterocycles. The maximum atomic E-state index is 12.3. The number of halogens is 1. The smallest absolute Gasteiger partial charge is 0.344 e. The van der Waals surface area contributed by atoms with Crippen molar-refractivity contribution in [2.75, 3.05) is 6.61 Å². The van der Waals surface area contributed by atoms with Gasteiger partial charge in [0.1, 0.15) is 27.9 Å². The number of aliphatic hydroxyl groups excluding tert-OH is 1. The molecular weight excluding hydrogens is 374 g/mol. The van der Waals surface area contributed by atoms with Gasteiger partial charge < -0.3 is 14.3 Å². The first-order valence-corrected chi connectivity index (χ1v) is 9.08. The maximum absolute atomic E-state index is 12.3. The van der Waals surface area contributed by atoms with Crippen LogP contribution in [0.25, 0.3) is 6.08 Å². The summed E-state index contributed by atoms with van der Waals surface area (Å²) in [4.78, 5) is 17.2. The minimum Gasteiger partial charge on any atom is -0.506 e. The van der Waals surface area contributed by atoms with E-state index >= 15 is 0 Å². The van der Waals surface area contributed by atoms with E-state index in [-0.39, 0.29) is 17.9 Å². The Balaban J connectivity index is 2.04. The molecular formula is C19H16ClNO4S. The molecule has 0 fully saturated rings. The molecule has 2 heterocycles. The number of aliphatic imine (C=N–C) groups is 1. The van der Waals surface area contributed by atoms with Crippen LogP contribution in [0, 0.1) is 6.92 Å². The van der Waals surface area contributed by atoms with E-state index in [1.165, 1.54) is 11.8 Å². The van der Waals surface area contributed by atoms with E-state index in [1.807, 2.05) is 13.0 Å². The second-order valence-corrected chi connectivity index (χ2v) is 6.87. The van der Waals surface area contributed by atoms with E-state index in [0.29, 0.717) is 26.4 Å². The van der Waals surface area contributed by atoms with Gasteiger partial charge in [0, 0.05) is 5.02 Å². The zero-order valence-corrected chi connectivity index (χ0v) is 15.7. The van der Waals surface area contributed by atoms with Crippen molar-refractivity contribution in [1.82, 2.24) is 0 Å². The van der Waals surface area contributed by atoms with E-state index < -0.39 is 5.97 Å². The molecule has 3 rings (SSSR count). The Labute approximate surface area is 160 Å². The van der Waals surface area contributed by atoms with Crippen molar-refractivity contribution in [2.45, 2.75) is 13.8 Å². The normalized spacial score (nSPS) is 17.3. The first-order chi connectivity index (χ1) is 12.5. The molecule has 7 heteroatoms. The number of benzene rings is 1. The molecule has 0 aliphatic carbocycles. The molecule has 26 heavy (non-hydrogen) atoms. The number of thioether (sulfide) groups is 1. The Kier molecular flexibility index (Phi) is 5.54. The van der Waals surface area contributed by atoms with Crippen LogP contribution >= 0.6 is 23.4 Å². The lowest BCUT2D eigenvalue weighted by molar-refractivity contribution is -0.138. The Bertz CT molecular complexity index is 943. The maximum Gasteiger partial charge on any atom is 0.344 e. The van der Waals surface area contributed by atoms with Gasteiger partial charge in [-0.3, -0.25) is 0 Å². The molecule has 0 bridgehead atoms. The molecule has 0 radical (unpaired) electrons. The van der Waals surface area contributed by atoms with Gasteiger partial charge in [0.15, 0.2) is 0 Å². The summed E-state index contributed by atoms with van der Waals surface area (Å²) in [5.74, 6) is 0.520. The lowest BCUT2D eigenvalue weighted by Gasteiger charge is -2.04. The number of hydrogen-bond donors (Lipinski definition) is 1. The van der Waals surface area contributed by atoms with Crippen LogP contribution in [0.15, 0.2) is 62.0 Å². The molecule has 1 aliphatic heterocycles. The van der Waals surface area contributed by atoms with E-state index in [4.69, 9.17) is 20.8 Å². The van der Waals surface area contributed by atoms with Gasteiger partial charge in [0.05, 0.1) is 17.2 Å². The Morgan fingerprint density at radius 3 is 2.85 bits per heavy atom. The molecule has 0 atom stereocenters. The van der Waals surface area contributed by atoms with Gasteiger partial charge in [-0.05, 0) is 50.3 Å². The molecule has 1 aromatic carbocycles. The Morgan fingerprint density at radius 1 is 1.38 bits per heavy atom. The van der Waals surface area contributed by atoms with Gasteiger partial charge in [0.2, 0.25) is 0 Å². The van der Waals surface area contributed by atoms with Crippen LogP contribution in [0.3, 0.4) is 0 Å². The second kappa shape index (κ2) is 7.85. The summed E-state index contributed by atoms with van der Waals surface area (Å²) in [5, 5.41) is 11.4. The number of carbonyl (C=O) groups is 1. The lowest BCUT2D eigenvalue weighted by atomic mass is 10.2.